The number of nitrogens with zero attached hydrogens (tertiary/aromatic N) is 4. The summed E-state index contributed by atoms with van der Waals surface area (Å²) in [4.78, 5) is 4.72. The molecule has 1 heterocycles. The van der Waals surface area contributed by atoms with E-state index < -0.39 is 0 Å². The Morgan fingerprint density at radius 2 is 1.94 bits per heavy atom. The van der Waals surface area contributed by atoms with Crippen LogP contribution in [0, 0.1) is 5.92 Å². The molecular weight excluding hydrogens is 523 g/mol. The van der Waals surface area contributed by atoms with E-state index in [1.54, 1.807) is 11.8 Å². The van der Waals surface area contributed by atoms with Crippen LogP contribution in [0.5, 0.6) is 0 Å². The number of nitrogens with one attached hydrogen (secondary N) is 2. The van der Waals surface area contributed by atoms with Gasteiger partial charge in [0, 0.05) is 32.6 Å². The van der Waals surface area contributed by atoms with E-state index in [1.165, 1.54) is 38.5 Å². The van der Waals surface area contributed by atoms with Crippen molar-refractivity contribution in [1.82, 2.24) is 25.4 Å². The molecule has 0 unspecified atom stereocenters. The molecule has 0 radical (unpaired) electrons. The van der Waals surface area contributed by atoms with Crippen molar-refractivity contribution in [2.24, 2.45) is 10.9 Å². The van der Waals surface area contributed by atoms with Crippen LogP contribution >= 0.6 is 35.7 Å². The van der Waals surface area contributed by atoms with Gasteiger partial charge in [-0.2, -0.15) is 0 Å². The smallest absolute Gasteiger partial charge is 0.191 e. The van der Waals surface area contributed by atoms with E-state index in [0.717, 1.165) is 62.6 Å². The first-order valence-corrected chi connectivity index (χ1v) is 13.0. The van der Waals surface area contributed by atoms with Crippen LogP contribution in [0.2, 0.25) is 0 Å². The van der Waals surface area contributed by atoms with Crippen LogP contribution in [0.1, 0.15) is 71.5 Å². The van der Waals surface area contributed by atoms with Crippen LogP contribution < -0.4 is 10.6 Å². The molecule has 0 amide bonds. The van der Waals surface area contributed by atoms with E-state index in [4.69, 9.17) is 9.73 Å². The Morgan fingerprint density at radius 1 is 1.19 bits per heavy atom. The molecule has 2 N–H and O–H groups in total. The summed E-state index contributed by atoms with van der Waals surface area (Å²) in [5.74, 6) is 2.52. The number of hydrogen-bond acceptors (Lipinski definition) is 5. The SMILES string of the molecule is CCNC(=NCCCc1nnc(SC)n1CC(C)C)NCCOC1CCCCCC1.I. The second kappa shape index (κ2) is 17.0. The molecule has 0 aliphatic heterocycles. The maximum Gasteiger partial charge on any atom is 0.191 e. The first-order valence-electron chi connectivity index (χ1n) is 11.7. The maximum absolute atomic E-state index is 6.07. The van der Waals surface area contributed by atoms with Crippen molar-refractivity contribution >= 4 is 41.7 Å². The van der Waals surface area contributed by atoms with Crippen molar-refractivity contribution < 1.29 is 4.74 Å². The highest BCUT2D eigenvalue weighted by Gasteiger charge is 2.13. The van der Waals surface area contributed by atoms with Crippen molar-refractivity contribution in [1.29, 1.82) is 0 Å². The highest BCUT2D eigenvalue weighted by molar-refractivity contribution is 14.0. The van der Waals surface area contributed by atoms with Gasteiger partial charge >= 0.3 is 0 Å². The monoisotopic (exact) mass is 566 g/mol. The summed E-state index contributed by atoms with van der Waals surface area (Å²) in [6, 6.07) is 0. The second-order valence-electron chi connectivity index (χ2n) is 8.38. The largest absolute Gasteiger partial charge is 0.376 e. The van der Waals surface area contributed by atoms with Gasteiger partial charge in [-0.15, -0.1) is 34.2 Å². The van der Waals surface area contributed by atoms with E-state index in [-0.39, 0.29) is 24.0 Å². The first-order chi connectivity index (χ1) is 14.6. The fraction of sp³-hybridized carbons (Fsp3) is 0.864. The standard InChI is InChI=1S/C22H42N6OS.HI/c1-5-23-21(25-15-16-29-19-11-8-6-7-9-12-19)24-14-10-13-20-26-27-22(30-4)28(20)17-18(2)3;/h18-19H,5-17H2,1-4H3,(H2,23,24,25);1H. The molecule has 0 saturated heterocycles. The van der Waals surface area contributed by atoms with Gasteiger partial charge in [0.1, 0.15) is 5.82 Å². The molecule has 0 bridgehead atoms. The van der Waals surface area contributed by atoms with Crippen molar-refractivity contribution in [2.75, 3.05) is 32.5 Å². The van der Waals surface area contributed by atoms with Crippen molar-refractivity contribution in [3.05, 3.63) is 5.82 Å². The molecule has 0 atom stereocenters. The molecule has 1 aliphatic carbocycles. The zero-order chi connectivity index (χ0) is 21.6. The third-order valence-electron chi connectivity index (χ3n) is 5.25. The number of aliphatic imine (C=N–C) groups is 1. The molecule has 1 aliphatic rings. The van der Waals surface area contributed by atoms with Crippen LogP contribution in [-0.4, -0.2) is 59.3 Å². The van der Waals surface area contributed by atoms with Gasteiger partial charge < -0.3 is 19.9 Å². The van der Waals surface area contributed by atoms with Gasteiger partial charge in [0.05, 0.1) is 12.7 Å². The van der Waals surface area contributed by atoms with Gasteiger partial charge in [-0.1, -0.05) is 51.3 Å². The maximum atomic E-state index is 6.07. The lowest BCUT2D eigenvalue weighted by atomic mass is 10.1. The fourth-order valence-electron chi connectivity index (χ4n) is 3.78. The summed E-state index contributed by atoms with van der Waals surface area (Å²) >= 11 is 1.66. The molecule has 1 aromatic rings. The average molecular weight is 567 g/mol. The highest BCUT2D eigenvalue weighted by Crippen LogP contribution is 2.19. The first kappa shape index (κ1) is 28.5. The Kier molecular flexibility index (Phi) is 15.6. The van der Waals surface area contributed by atoms with E-state index in [1.807, 2.05) is 0 Å². The number of thioether (sulfide) groups is 1. The predicted octanol–water partition coefficient (Wildman–Crippen LogP) is 4.50. The Morgan fingerprint density at radius 3 is 2.58 bits per heavy atom. The fourth-order valence-corrected chi connectivity index (χ4v) is 4.30. The number of halogens is 1. The van der Waals surface area contributed by atoms with Gasteiger partial charge in [-0.3, -0.25) is 4.99 Å². The van der Waals surface area contributed by atoms with Crippen molar-refractivity contribution in [3.63, 3.8) is 0 Å². The topological polar surface area (TPSA) is 76.4 Å². The number of guanidine groups is 1. The van der Waals surface area contributed by atoms with Gasteiger partial charge in [-0.05, 0) is 38.4 Å². The number of aryl methyl sites for hydroxylation is 1. The van der Waals surface area contributed by atoms with Gasteiger partial charge in [-0.25, -0.2) is 0 Å². The minimum atomic E-state index is 0. The molecule has 2 rings (SSSR count). The summed E-state index contributed by atoms with van der Waals surface area (Å²) in [5.41, 5.74) is 0. The van der Waals surface area contributed by atoms with Crippen LogP contribution in [0.25, 0.3) is 0 Å². The Bertz CT molecular complexity index is 617. The molecule has 0 spiro atoms. The van der Waals surface area contributed by atoms with E-state index in [9.17, 15) is 0 Å². The van der Waals surface area contributed by atoms with Crippen molar-refractivity contribution in [3.8, 4) is 0 Å². The number of rotatable bonds is 12. The molecule has 1 aromatic heterocycles. The van der Waals surface area contributed by atoms with Crippen molar-refractivity contribution in [2.45, 2.75) is 89.9 Å². The Hall–Kier alpha value is -0.550. The third kappa shape index (κ3) is 11.2. The van der Waals surface area contributed by atoms with Gasteiger partial charge in [0.25, 0.3) is 0 Å². The molecule has 7 nitrogen and oxygen atoms in total. The molecule has 180 valence electrons. The highest BCUT2D eigenvalue weighted by atomic mass is 127. The van der Waals surface area contributed by atoms with Crippen LogP contribution in [0.3, 0.4) is 0 Å². The quantitative estimate of drug-likeness (QED) is 0.0970. The minimum absolute atomic E-state index is 0. The normalized spacial score (nSPS) is 15.6. The molecule has 9 heteroatoms. The van der Waals surface area contributed by atoms with Crippen LogP contribution in [0.4, 0.5) is 0 Å². The zero-order valence-corrected chi connectivity index (χ0v) is 23.0. The second-order valence-corrected chi connectivity index (χ2v) is 9.16. The lowest BCUT2D eigenvalue weighted by molar-refractivity contribution is 0.0468. The predicted molar refractivity (Wildman–Crippen MR) is 142 cm³/mol. The summed E-state index contributed by atoms with van der Waals surface area (Å²) in [6.45, 7) is 10.7. The minimum Gasteiger partial charge on any atom is -0.376 e. The van der Waals surface area contributed by atoms with E-state index in [0.29, 0.717) is 12.0 Å². The molecule has 31 heavy (non-hydrogen) atoms. The van der Waals surface area contributed by atoms with Crippen LogP contribution in [0.15, 0.2) is 10.1 Å². The Labute approximate surface area is 210 Å². The average Bonchev–Trinajstić information content (AvgIpc) is 2.92. The molecule has 1 fully saturated rings. The summed E-state index contributed by atoms with van der Waals surface area (Å²) in [7, 11) is 0. The molecule has 1 saturated carbocycles. The van der Waals surface area contributed by atoms with Gasteiger partial charge in [0.15, 0.2) is 11.1 Å². The summed E-state index contributed by atoms with van der Waals surface area (Å²) in [5, 5.41) is 16.5. The summed E-state index contributed by atoms with van der Waals surface area (Å²) in [6.07, 6.45) is 12.1. The number of ether oxygens (including phenoxy) is 1. The summed E-state index contributed by atoms with van der Waals surface area (Å²) < 4.78 is 8.32. The van der Waals surface area contributed by atoms with E-state index >= 15 is 0 Å². The molecular formula is C22H43IN6OS. The molecule has 0 aromatic carbocycles. The number of aromatic nitrogens is 3. The lowest BCUT2D eigenvalue weighted by Gasteiger charge is -2.16. The van der Waals surface area contributed by atoms with Crippen LogP contribution in [-0.2, 0) is 17.7 Å². The lowest BCUT2D eigenvalue weighted by Crippen LogP contribution is -2.39. The Balaban J connectivity index is 0.00000480. The van der Waals surface area contributed by atoms with E-state index in [2.05, 4.69) is 52.4 Å². The third-order valence-corrected chi connectivity index (χ3v) is 5.91. The number of hydrogen-bond donors (Lipinski definition) is 2. The zero-order valence-electron chi connectivity index (χ0n) is 19.9. The van der Waals surface area contributed by atoms with Gasteiger partial charge in [0.2, 0.25) is 0 Å².